The van der Waals surface area contributed by atoms with E-state index in [1.54, 1.807) is 0 Å². The van der Waals surface area contributed by atoms with E-state index in [9.17, 15) is 0 Å². The molecule has 0 aliphatic rings. The van der Waals surface area contributed by atoms with Crippen LogP contribution >= 0.6 is 0 Å². The largest absolute Gasteiger partial charge is 0.106 e. The van der Waals surface area contributed by atoms with Gasteiger partial charge in [0.1, 0.15) is 0 Å². The van der Waals surface area contributed by atoms with Gasteiger partial charge in [-0.05, 0) is 38.5 Å². The summed E-state index contributed by atoms with van der Waals surface area (Å²) in [5, 5.41) is 0. The Morgan fingerprint density at radius 2 is 0.429 bits per heavy atom. The topological polar surface area (TPSA) is 0 Å². The van der Waals surface area contributed by atoms with Gasteiger partial charge < -0.3 is 0 Å². The minimum Gasteiger partial charge on any atom is -0.106 e. The Morgan fingerprint density at radius 1 is 0.321 bits per heavy atom. The van der Waals surface area contributed by atoms with Crippen LogP contribution in [-0.4, -0.2) is 0 Å². The molecule has 0 heterocycles. The first-order chi connectivity index (χ1) is 10.8. The second-order valence-electron chi connectivity index (χ2n) is 3.02. The fraction of sp³-hybridized carbons (Fsp3) is 0.429. The highest BCUT2D eigenvalue weighted by molar-refractivity contribution is 4.72. The normalized spacial score (nSPS) is 4.57. The van der Waals surface area contributed by atoms with Crippen molar-refractivity contribution in [2.24, 2.45) is 0 Å². The Bertz CT molecular complexity index is 146. The molecular formula is C28H64. The first kappa shape index (κ1) is 83.1. The zero-order valence-corrected chi connectivity index (χ0v) is 15.0. The monoisotopic (exact) mass is 401 g/mol. The highest BCUT2D eigenvalue weighted by atomic mass is 13.8. The van der Waals surface area contributed by atoms with Crippen LogP contribution in [0.5, 0.6) is 0 Å². The summed E-state index contributed by atoms with van der Waals surface area (Å²) in [5.74, 6) is 0. The van der Waals surface area contributed by atoms with Gasteiger partial charge in [0, 0.05) is 0 Å². The predicted molar refractivity (Wildman–Crippen MR) is 154 cm³/mol. The van der Waals surface area contributed by atoms with Crippen LogP contribution in [0.4, 0.5) is 0 Å². The average Bonchev–Trinajstić information content (AvgIpc) is 2.63. The van der Waals surface area contributed by atoms with Crippen molar-refractivity contribution in [3.63, 3.8) is 0 Å². The second-order valence-corrected chi connectivity index (χ2v) is 3.02. The summed E-state index contributed by atoms with van der Waals surface area (Å²) < 4.78 is 0. The van der Waals surface area contributed by atoms with Gasteiger partial charge in [0.25, 0.3) is 0 Å². The van der Waals surface area contributed by atoms with Crippen molar-refractivity contribution in [1.29, 1.82) is 0 Å². The predicted octanol–water partition coefficient (Wildman–Crippen LogP) is 12.1. The van der Waals surface area contributed by atoms with Crippen LogP contribution in [0, 0.1) is 0 Å². The lowest BCUT2D eigenvalue weighted by Crippen LogP contribution is -1.64. The maximum absolute atomic E-state index is 3.60. The van der Waals surface area contributed by atoms with Crippen LogP contribution < -0.4 is 0 Å². The van der Waals surface area contributed by atoms with Crippen molar-refractivity contribution in [3.05, 3.63) is 103 Å². The molecule has 0 radical (unpaired) electrons. The number of rotatable bonds is 8. The van der Waals surface area contributed by atoms with Crippen LogP contribution in [-0.2, 0) is 0 Å². The van der Waals surface area contributed by atoms with Crippen LogP contribution in [0.1, 0.15) is 83.1 Å². The molecule has 0 aromatic rings. The molecule has 0 saturated carbocycles. The minimum atomic E-state index is 0. The highest BCUT2D eigenvalue weighted by Crippen LogP contribution is 1.94. The average molecular weight is 401 g/mol. The van der Waals surface area contributed by atoms with E-state index in [0.29, 0.717) is 0 Å². The summed E-state index contributed by atoms with van der Waals surface area (Å²) in [6.07, 6.45) is 14.6. The van der Waals surface area contributed by atoms with Crippen molar-refractivity contribution < 1.29 is 0 Å². The Balaban J connectivity index is -0.0000000116. The van der Waals surface area contributed by atoms with E-state index in [1.807, 2.05) is 24.3 Å². The maximum atomic E-state index is 3.60. The fourth-order valence-corrected chi connectivity index (χ4v) is 0.813. The molecule has 0 saturated heterocycles. The third kappa shape index (κ3) is 359. The van der Waals surface area contributed by atoms with Crippen molar-refractivity contribution in [2.45, 2.75) is 83.1 Å². The van der Waals surface area contributed by atoms with E-state index >= 15 is 0 Å². The smallest absolute Gasteiger partial charge is 0.0350 e. The molecule has 0 amide bonds. The third-order valence-corrected chi connectivity index (χ3v) is 1.63. The first-order valence-corrected chi connectivity index (χ1v) is 7.27. The van der Waals surface area contributed by atoms with Crippen molar-refractivity contribution in [3.8, 4) is 0 Å². The molecule has 0 unspecified atom stereocenters. The Morgan fingerprint density at radius 3 is 0.500 bits per heavy atom. The molecule has 0 aliphatic heterocycles. The Labute approximate surface area is 186 Å². The number of hydrogen-bond donors (Lipinski definition) is 0. The number of allylic oxidation sites excluding steroid dienone is 4. The van der Waals surface area contributed by atoms with E-state index in [2.05, 4.69) is 78.9 Å². The van der Waals surface area contributed by atoms with Crippen molar-refractivity contribution >= 4 is 0 Å². The van der Waals surface area contributed by atoms with E-state index in [0.717, 1.165) is 25.7 Å². The zero-order valence-electron chi connectivity index (χ0n) is 15.0. The molecule has 0 fully saturated rings. The zero-order chi connectivity index (χ0) is 19.1. The fourth-order valence-electron chi connectivity index (χ4n) is 0.813. The van der Waals surface area contributed by atoms with Crippen molar-refractivity contribution in [2.75, 3.05) is 0 Å². The number of unbranched alkanes of at least 4 members (excludes halogenated alkanes) is 4. The molecule has 0 rings (SSSR count). The van der Waals surface area contributed by atoms with E-state index < -0.39 is 0 Å². The summed E-state index contributed by atoms with van der Waals surface area (Å²) in [7, 11) is 0. The molecule has 0 atom stereocenters. The second kappa shape index (κ2) is 227. The lowest BCUT2D eigenvalue weighted by atomic mass is 10.2. The molecule has 0 aromatic heterocycles. The summed E-state index contributed by atoms with van der Waals surface area (Å²) in [5.41, 5.74) is 0. The van der Waals surface area contributed by atoms with E-state index in [1.165, 1.54) is 12.8 Å². The maximum Gasteiger partial charge on any atom is -0.0350 e. The van der Waals surface area contributed by atoms with Gasteiger partial charge in [-0.3, -0.25) is 0 Å². The molecule has 0 heteroatoms. The molecular weight excluding hydrogens is 336 g/mol. The van der Waals surface area contributed by atoms with Crippen molar-refractivity contribution in [1.82, 2.24) is 0 Å². The molecule has 0 aliphatic carbocycles. The van der Waals surface area contributed by atoms with Gasteiger partial charge in [0.05, 0.1) is 0 Å². The standard InChI is InChI=1S/2C7H12.4C2H4.6CH4/c2*1-3-5-7-6-4-2;4*1-2;;;;;;/h2*3-4H,1-2,5-7H2;4*1-2H2;6*1H4. The molecule has 0 nitrogen and oxygen atoms in total. The number of hydrogen-bond acceptors (Lipinski definition) is 0. The highest BCUT2D eigenvalue weighted by Gasteiger charge is 1.74. The first-order valence-electron chi connectivity index (χ1n) is 7.27. The van der Waals surface area contributed by atoms with E-state index in [-0.39, 0.29) is 44.6 Å². The summed E-state index contributed by atoms with van der Waals surface area (Å²) in [4.78, 5) is 0. The van der Waals surface area contributed by atoms with E-state index in [4.69, 9.17) is 0 Å². The minimum absolute atomic E-state index is 0. The van der Waals surface area contributed by atoms with Gasteiger partial charge in [-0.2, -0.15) is 0 Å². The quantitative estimate of drug-likeness (QED) is 0.280. The summed E-state index contributed by atoms with van der Waals surface area (Å²) in [6, 6.07) is 0. The van der Waals surface area contributed by atoms with Gasteiger partial charge in [-0.15, -0.1) is 78.9 Å². The van der Waals surface area contributed by atoms with Crippen LogP contribution in [0.25, 0.3) is 0 Å². The molecule has 0 bridgehead atoms. The van der Waals surface area contributed by atoms with Gasteiger partial charge in [0.15, 0.2) is 0 Å². The lowest BCUT2D eigenvalue weighted by molar-refractivity contribution is 0.871. The third-order valence-electron chi connectivity index (χ3n) is 1.63. The Kier molecular flexibility index (Phi) is 674. The summed E-state index contributed by atoms with van der Waals surface area (Å²) >= 11 is 0. The van der Waals surface area contributed by atoms with Gasteiger partial charge in [-0.25, -0.2) is 0 Å². The molecule has 0 N–H and O–H groups in total. The van der Waals surface area contributed by atoms with Crippen LogP contribution in [0.3, 0.4) is 0 Å². The van der Waals surface area contributed by atoms with Gasteiger partial charge in [-0.1, -0.05) is 68.9 Å². The molecule has 28 heavy (non-hydrogen) atoms. The Hall–Kier alpha value is -2.08. The summed E-state index contributed by atoms with van der Waals surface area (Å²) in [6.45, 7) is 38.4. The van der Waals surface area contributed by atoms with Gasteiger partial charge >= 0.3 is 0 Å². The molecule has 0 aromatic carbocycles. The lowest BCUT2D eigenvalue weighted by Gasteiger charge is -1.84. The van der Waals surface area contributed by atoms with Gasteiger partial charge in [0.2, 0.25) is 0 Å². The van der Waals surface area contributed by atoms with Crippen LogP contribution in [0.15, 0.2) is 103 Å². The van der Waals surface area contributed by atoms with Crippen LogP contribution in [0.2, 0.25) is 0 Å². The molecule has 0 spiro atoms. The SMILES string of the molecule is C.C.C.C.C.C.C=C.C=C.C=C.C=C.C=CCCCC=C.C=CCCCC=C. The molecule has 176 valence electrons.